The zero-order valence-corrected chi connectivity index (χ0v) is 42.3. The Balaban J connectivity index is 1.11. The Hall–Kier alpha value is -7.64. The smallest absolute Gasteiger partial charge is 0.243 e. The fraction of sp³-hybridized carbons (Fsp3) is 0.418. The molecule has 1 aliphatic carbocycles. The summed E-state index contributed by atoms with van der Waals surface area (Å²) in [6, 6.07) is 24.6. The number of para-hydroxylation sites is 1. The van der Waals surface area contributed by atoms with Gasteiger partial charge in [0, 0.05) is 91.2 Å². The number of phenols is 1. The van der Waals surface area contributed by atoms with Crippen molar-refractivity contribution in [2.75, 3.05) is 56.6 Å². The second-order valence-electron chi connectivity index (χ2n) is 19.4. The molecule has 2 heterocycles. The lowest BCUT2D eigenvalue weighted by atomic mass is 9.85. The number of ether oxygens (including phenoxy) is 1. The van der Waals surface area contributed by atoms with Crippen LogP contribution in [0.5, 0.6) is 11.5 Å². The number of piperazine rings is 1. The largest absolute Gasteiger partial charge is 0.508 e. The second kappa shape index (κ2) is 26.4. The molecule has 0 radical (unpaired) electrons. The number of methoxy groups -OCH3 is 1. The van der Waals surface area contributed by atoms with E-state index in [9.17, 15) is 29.1 Å². The highest BCUT2D eigenvalue weighted by molar-refractivity contribution is 5.97. The fourth-order valence-corrected chi connectivity index (χ4v) is 9.82. The number of benzene rings is 4. The molecule has 19 nitrogen and oxygen atoms in total. The molecular formula is C55H72N12O7. The number of rotatable bonds is 23. The minimum Gasteiger partial charge on any atom is -0.508 e. The Labute approximate surface area is 432 Å². The van der Waals surface area contributed by atoms with Crippen molar-refractivity contribution in [3.8, 4) is 22.6 Å². The van der Waals surface area contributed by atoms with Gasteiger partial charge in [-0.2, -0.15) is 0 Å². The highest BCUT2D eigenvalue weighted by Crippen LogP contribution is 2.31. The van der Waals surface area contributed by atoms with E-state index in [1.54, 1.807) is 38.4 Å². The maximum atomic E-state index is 14.9. The zero-order chi connectivity index (χ0) is 52.6. The van der Waals surface area contributed by atoms with Crippen LogP contribution in [0.4, 0.5) is 11.4 Å². The van der Waals surface area contributed by atoms with E-state index >= 15 is 0 Å². The molecular weight excluding hydrogens is 941 g/mol. The summed E-state index contributed by atoms with van der Waals surface area (Å²) >= 11 is 0. The zero-order valence-electron chi connectivity index (χ0n) is 42.3. The summed E-state index contributed by atoms with van der Waals surface area (Å²) in [4.78, 5) is 76.1. The summed E-state index contributed by atoms with van der Waals surface area (Å²) in [7, 11) is 1.61. The van der Waals surface area contributed by atoms with E-state index < -0.39 is 47.7 Å². The number of nitrogens with zero attached hydrogens (tertiary/aromatic N) is 1. The molecule has 19 heteroatoms. The number of guanidine groups is 1. The van der Waals surface area contributed by atoms with Gasteiger partial charge >= 0.3 is 0 Å². The highest BCUT2D eigenvalue weighted by Gasteiger charge is 2.34. The molecule has 74 heavy (non-hydrogen) atoms. The second-order valence-corrected chi connectivity index (χ2v) is 19.4. The van der Waals surface area contributed by atoms with Crippen molar-refractivity contribution in [3.05, 3.63) is 108 Å². The lowest BCUT2D eigenvalue weighted by molar-refractivity contribution is -0.134. The van der Waals surface area contributed by atoms with Crippen molar-refractivity contribution in [1.82, 2.24) is 36.9 Å². The summed E-state index contributed by atoms with van der Waals surface area (Å²) in [6.45, 7) is 5.27. The minimum absolute atomic E-state index is 0.0492. The molecule has 7 rings (SSSR count). The number of aromatic amines is 1. The molecule has 2 fully saturated rings. The van der Waals surface area contributed by atoms with Gasteiger partial charge in [0.2, 0.25) is 29.5 Å². The Morgan fingerprint density at radius 2 is 1.61 bits per heavy atom. The van der Waals surface area contributed by atoms with Gasteiger partial charge in [-0.15, -0.1) is 0 Å². The molecule has 1 unspecified atom stereocenters. The number of nitrogens with two attached hydrogens (primary N) is 2. The van der Waals surface area contributed by atoms with Gasteiger partial charge in [-0.05, 0) is 117 Å². The summed E-state index contributed by atoms with van der Waals surface area (Å²) in [5.41, 5.74) is 17.4. The maximum absolute atomic E-state index is 14.9. The molecule has 5 aromatic rings. The number of aromatic nitrogens is 1. The quantitative estimate of drug-likeness (QED) is 0.0253. The summed E-state index contributed by atoms with van der Waals surface area (Å²) < 4.78 is 5.61. The first kappa shape index (κ1) is 54.1. The molecule has 394 valence electrons. The monoisotopic (exact) mass is 1010 g/mol. The van der Waals surface area contributed by atoms with Crippen LogP contribution in [0, 0.1) is 17.2 Å². The van der Waals surface area contributed by atoms with Crippen molar-refractivity contribution < 1.29 is 33.8 Å². The molecule has 0 spiro atoms. The summed E-state index contributed by atoms with van der Waals surface area (Å²) in [5, 5.41) is 39.3. The van der Waals surface area contributed by atoms with Gasteiger partial charge in [0.05, 0.1) is 19.6 Å². The first-order chi connectivity index (χ1) is 35.7. The van der Waals surface area contributed by atoms with E-state index in [0.29, 0.717) is 54.6 Å². The van der Waals surface area contributed by atoms with Crippen LogP contribution in [0.1, 0.15) is 63.0 Å². The average molecular weight is 1010 g/mol. The highest BCUT2D eigenvalue weighted by atomic mass is 16.5. The Kier molecular flexibility index (Phi) is 19.3. The number of fused-ring (bicyclic) bond motifs is 1. The lowest BCUT2D eigenvalue weighted by Gasteiger charge is -2.30. The van der Waals surface area contributed by atoms with E-state index in [-0.39, 0.29) is 55.4 Å². The van der Waals surface area contributed by atoms with Crippen molar-refractivity contribution in [3.63, 3.8) is 0 Å². The maximum Gasteiger partial charge on any atom is 0.243 e. The van der Waals surface area contributed by atoms with Gasteiger partial charge in [-0.1, -0.05) is 48.9 Å². The minimum atomic E-state index is -1.09. The summed E-state index contributed by atoms with van der Waals surface area (Å²) in [5.74, 6) is -3.13. The first-order valence-electron chi connectivity index (χ1n) is 25.6. The van der Waals surface area contributed by atoms with E-state index in [2.05, 4.69) is 47.1 Å². The fourth-order valence-electron chi connectivity index (χ4n) is 9.82. The standard InChI is InChI=1S/C55H72N12O7/c1-34(63-54(73)48(66-51(70)37-8-7-9-39(56)29-37)30-38-32-61-46-22-21-42(68)31-45(38)46)44(28-35-13-15-36(16-14-35)43-10-3-4-12-49(43)74-2)52(71)65-47(11-5-6-23-60-55(57)58)53(72)62-33-50(69)64-40-17-19-41(20-18-40)67-26-24-59-25-27-67/h3-4,10,12-22,31-32,34,37,39,44,47-48,59,61,68H,5-9,11,23-30,33,56H2,1-2H3,(H,62,72)(H,63,73)(H,64,69)(H,65,71)(H,66,70)(H4,57,58,60)/t34?,37-,39-,44+,47-,48-/m0/s1. The number of phenolic OH excluding ortho intramolecular Hbond substituents is 1. The van der Waals surface area contributed by atoms with Crippen LogP contribution >= 0.6 is 0 Å². The third kappa shape index (κ3) is 15.2. The molecule has 14 N–H and O–H groups in total. The Morgan fingerprint density at radius 1 is 0.851 bits per heavy atom. The number of aromatic hydroxyl groups is 1. The van der Waals surface area contributed by atoms with E-state index in [1.807, 2.05) is 72.8 Å². The Morgan fingerprint density at radius 3 is 2.34 bits per heavy atom. The third-order valence-corrected chi connectivity index (χ3v) is 14.0. The van der Waals surface area contributed by atoms with Crippen LogP contribution in [-0.4, -0.2) is 116 Å². The van der Waals surface area contributed by atoms with E-state index in [4.69, 9.17) is 21.6 Å². The van der Waals surface area contributed by atoms with Gasteiger partial charge in [0.15, 0.2) is 5.96 Å². The lowest BCUT2D eigenvalue weighted by Crippen LogP contribution is -2.56. The van der Waals surface area contributed by atoms with Gasteiger partial charge in [0.25, 0.3) is 0 Å². The average Bonchev–Trinajstić information content (AvgIpc) is 3.80. The molecule has 4 aromatic carbocycles. The molecule has 0 bridgehead atoms. The first-order valence-corrected chi connectivity index (χ1v) is 25.6. The number of unbranched alkanes of at least 4 members (excludes halogenated alkanes) is 1. The van der Waals surface area contributed by atoms with Crippen LogP contribution in [-0.2, 0) is 36.8 Å². The van der Waals surface area contributed by atoms with Gasteiger partial charge < -0.3 is 68.4 Å². The van der Waals surface area contributed by atoms with Gasteiger partial charge in [0.1, 0.15) is 23.6 Å². The number of nitrogens with one attached hydrogen (secondary N) is 9. The van der Waals surface area contributed by atoms with Crippen LogP contribution in [0.3, 0.4) is 0 Å². The SMILES string of the molecule is COc1ccccc1-c1ccc(C[C@@H](C(=O)N[C@@H](CCCCNC(=N)N)C(=O)NCC(=O)Nc2ccc(N3CCNCC3)cc2)C(C)NC(=O)[C@H](Cc2c[nH]c3ccc(O)cc23)NC(=O)[C@H]2CCC[C@H](N)C2)cc1. The van der Waals surface area contributed by atoms with Crippen molar-refractivity contribution in [1.29, 1.82) is 5.41 Å². The van der Waals surface area contributed by atoms with E-state index in [0.717, 1.165) is 66.9 Å². The van der Waals surface area contributed by atoms with Crippen molar-refractivity contribution in [2.45, 2.75) is 88.9 Å². The van der Waals surface area contributed by atoms with Crippen LogP contribution < -0.4 is 58.3 Å². The third-order valence-electron chi connectivity index (χ3n) is 14.0. The van der Waals surface area contributed by atoms with Gasteiger partial charge in [-0.25, -0.2) is 0 Å². The van der Waals surface area contributed by atoms with Crippen LogP contribution in [0.15, 0.2) is 97.2 Å². The summed E-state index contributed by atoms with van der Waals surface area (Å²) in [6.07, 6.45) is 5.86. The van der Waals surface area contributed by atoms with Crippen LogP contribution in [0.25, 0.3) is 22.0 Å². The number of hydrogen-bond acceptors (Lipinski definition) is 11. The number of anilines is 2. The van der Waals surface area contributed by atoms with Crippen LogP contribution in [0.2, 0.25) is 0 Å². The topological polar surface area (TPSA) is 294 Å². The molecule has 1 saturated carbocycles. The van der Waals surface area contributed by atoms with Crippen molar-refractivity contribution >= 4 is 57.8 Å². The molecule has 2 aliphatic rings. The number of hydrogen-bond donors (Lipinski definition) is 12. The molecule has 5 amide bonds. The Bertz CT molecular complexity index is 2710. The normalized spacial score (nSPS) is 17.2. The molecule has 1 saturated heterocycles. The van der Waals surface area contributed by atoms with Gasteiger partial charge in [-0.3, -0.25) is 29.4 Å². The predicted octanol–water partition coefficient (Wildman–Crippen LogP) is 3.76. The molecule has 6 atom stereocenters. The predicted molar refractivity (Wildman–Crippen MR) is 288 cm³/mol. The van der Waals surface area contributed by atoms with Crippen molar-refractivity contribution in [2.24, 2.45) is 23.3 Å². The van der Waals surface area contributed by atoms with E-state index in [1.165, 1.54) is 0 Å². The molecule has 1 aromatic heterocycles. The number of carbonyl (C=O) groups is 5. The number of H-pyrrole nitrogens is 1. The number of carbonyl (C=O) groups excluding carboxylic acids is 5. The number of amides is 5. The molecule has 1 aliphatic heterocycles.